The average molecular weight is 413 g/mol. The Morgan fingerprint density at radius 1 is 1.17 bits per heavy atom. The molecule has 0 radical (unpaired) electrons. The van der Waals surface area contributed by atoms with Crippen molar-refractivity contribution in [3.8, 4) is 5.75 Å². The third-order valence-corrected chi connectivity index (χ3v) is 4.96. The van der Waals surface area contributed by atoms with Gasteiger partial charge in [-0.05, 0) is 62.2 Å². The summed E-state index contributed by atoms with van der Waals surface area (Å²) in [5.41, 5.74) is 1.02. The van der Waals surface area contributed by atoms with Crippen molar-refractivity contribution >= 4 is 17.4 Å². The Morgan fingerprint density at radius 2 is 1.83 bits per heavy atom. The van der Waals surface area contributed by atoms with Crippen LogP contribution in [-0.2, 0) is 14.3 Å². The molecule has 1 atom stereocenters. The zero-order chi connectivity index (χ0) is 22.0. The second-order valence-corrected chi connectivity index (χ2v) is 7.47. The molecule has 30 heavy (non-hydrogen) atoms. The molecule has 2 aromatic carbocycles. The van der Waals surface area contributed by atoms with E-state index in [0.717, 1.165) is 0 Å². The zero-order valence-corrected chi connectivity index (χ0v) is 17.1. The molecule has 0 spiro atoms. The minimum absolute atomic E-state index is 0.0352. The van der Waals surface area contributed by atoms with E-state index in [4.69, 9.17) is 4.74 Å². The summed E-state index contributed by atoms with van der Waals surface area (Å²) < 4.78 is 19.2. The second-order valence-electron chi connectivity index (χ2n) is 7.47. The summed E-state index contributed by atoms with van der Waals surface area (Å²) >= 11 is 0. The molecule has 7 heteroatoms. The molecule has 1 amide bonds. The molecule has 158 valence electrons. The lowest BCUT2D eigenvalue weighted by atomic mass is 9.95. The van der Waals surface area contributed by atoms with E-state index in [9.17, 15) is 24.2 Å². The number of hydrogen-bond acceptors (Lipinski definition) is 5. The third kappa shape index (κ3) is 4.21. The van der Waals surface area contributed by atoms with Crippen LogP contribution >= 0.6 is 0 Å². The molecule has 0 aromatic heterocycles. The van der Waals surface area contributed by atoms with E-state index in [1.807, 2.05) is 13.8 Å². The van der Waals surface area contributed by atoms with Crippen molar-refractivity contribution in [1.29, 1.82) is 0 Å². The topological polar surface area (TPSA) is 87.1 Å². The van der Waals surface area contributed by atoms with Gasteiger partial charge in [-0.1, -0.05) is 12.1 Å². The van der Waals surface area contributed by atoms with Gasteiger partial charge < -0.3 is 19.8 Å². The number of benzene rings is 2. The Balaban J connectivity index is 2.10. The highest BCUT2D eigenvalue weighted by molar-refractivity contribution is 6.46. The van der Waals surface area contributed by atoms with E-state index in [0.29, 0.717) is 11.1 Å². The number of carbonyl (C=O) groups is 2. The minimum atomic E-state index is -0.855. The van der Waals surface area contributed by atoms with Crippen molar-refractivity contribution in [3.05, 3.63) is 70.5 Å². The van der Waals surface area contributed by atoms with E-state index in [-0.39, 0.29) is 41.9 Å². The molecule has 0 bridgehead atoms. The number of ketones is 1. The molecule has 1 aliphatic heterocycles. The van der Waals surface area contributed by atoms with E-state index >= 15 is 0 Å². The van der Waals surface area contributed by atoms with Crippen LogP contribution in [0.5, 0.6) is 5.75 Å². The van der Waals surface area contributed by atoms with Crippen molar-refractivity contribution < 1.29 is 28.9 Å². The molecule has 1 unspecified atom stereocenters. The highest BCUT2D eigenvalue weighted by Gasteiger charge is 2.45. The number of aromatic hydroxyl groups is 1. The quantitative estimate of drug-likeness (QED) is 0.429. The van der Waals surface area contributed by atoms with Gasteiger partial charge in [-0.15, -0.1) is 0 Å². The largest absolute Gasteiger partial charge is 0.508 e. The number of phenols is 1. The van der Waals surface area contributed by atoms with Gasteiger partial charge in [-0.3, -0.25) is 9.59 Å². The van der Waals surface area contributed by atoms with Gasteiger partial charge in [0, 0.05) is 12.1 Å². The van der Waals surface area contributed by atoms with Gasteiger partial charge in [-0.2, -0.15) is 0 Å². The van der Waals surface area contributed by atoms with Crippen molar-refractivity contribution in [2.75, 3.05) is 13.2 Å². The summed E-state index contributed by atoms with van der Waals surface area (Å²) in [4.78, 5) is 27.0. The zero-order valence-electron chi connectivity index (χ0n) is 17.1. The van der Waals surface area contributed by atoms with Crippen LogP contribution in [-0.4, -0.2) is 46.1 Å². The number of aliphatic hydroxyl groups is 1. The fourth-order valence-electron chi connectivity index (χ4n) is 3.45. The molecule has 2 N–H and O–H groups in total. The lowest BCUT2D eigenvalue weighted by molar-refractivity contribution is -0.140. The van der Waals surface area contributed by atoms with Crippen LogP contribution in [0, 0.1) is 12.7 Å². The summed E-state index contributed by atoms with van der Waals surface area (Å²) in [6.45, 7) is 5.64. The van der Waals surface area contributed by atoms with Gasteiger partial charge in [-0.25, -0.2) is 4.39 Å². The van der Waals surface area contributed by atoms with Gasteiger partial charge in [0.1, 0.15) is 17.3 Å². The monoisotopic (exact) mass is 413 g/mol. The average Bonchev–Trinajstić information content (AvgIpc) is 2.95. The number of likely N-dealkylation sites (tertiary alicyclic amines) is 1. The van der Waals surface area contributed by atoms with E-state index < -0.39 is 23.5 Å². The first kappa shape index (κ1) is 21.5. The summed E-state index contributed by atoms with van der Waals surface area (Å²) in [5, 5.41) is 20.5. The Bertz CT molecular complexity index is 997. The van der Waals surface area contributed by atoms with Crippen LogP contribution in [0.15, 0.2) is 48.0 Å². The van der Waals surface area contributed by atoms with E-state index in [1.165, 1.54) is 35.2 Å². The van der Waals surface area contributed by atoms with Crippen molar-refractivity contribution in [2.45, 2.75) is 32.9 Å². The molecular formula is C23H24FNO5. The van der Waals surface area contributed by atoms with E-state index in [1.54, 1.807) is 19.1 Å². The number of carbonyl (C=O) groups excluding carboxylic acids is 2. The number of aryl methyl sites for hydroxylation is 1. The first-order chi connectivity index (χ1) is 14.2. The number of hydrogen-bond donors (Lipinski definition) is 2. The van der Waals surface area contributed by atoms with Crippen molar-refractivity contribution in [1.82, 2.24) is 4.90 Å². The maximum atomic E-state index is 13.7. The Morgan fingerprint density at radius 3 is 2.43 bits per heavy atom. The summed E-state index contributed by atoms with van der Waals surface area (Å²) in [7, 11) is 0. The predicted molar refractivity (Wildman–Crippen MR) is 109 cm³/mol. The van der Waals surface area contributed by atoms with E-state index in [2.05, 4.69) is 0 Å². The molecule has 1 fully saturated rings. The fraction of sp³-hybridized carbons (Fsp3) is 0.304. The number of ether oxygens (including phenoxy) is 1. The lowest BCUT2D eigenvalue weighted by Crippen LogP contribution is -2.33. The van der Waals surface area contributed by atoms with Crippen LogP contribution < -0.4 is 0 Å². The molecule has 2 aromatic rings. The maximum absolute atomic E-state index is 13.7. The van der Waals surface area contributed by atoms with Crippen LogP contribution in [0.1, 0.15) is 36.6 Å². The van der Waals surface area contributed by atoms with Crippen LogP contribution in [0.4, 0.5) is 4.39 Å². The Labute approximate surface area is 174 Å². The molecule has 1 saturated heterocycles. The van der Waals surface area contributed by atoms with Crippen LogP contribution in [0.2, 0.25) is 0 Å². The van der Waals surface area contributed by atoms with Gasteiger partial charge >= 0.3 is 0 Å². The number of Topliss-reactive ketones (excluding diaryl/α,β-unsaturated/α-hetero) is 1. The van der Waals surface area contributed by atoms with Gasteiger partial charge in [0.2, 0.25) is 0 Å². The second kappa shape index (κ2) is 8.67. The van der Waals surface area contributed by atoms with Crippen LogP contribution in [0.3, 0.4) is 0 Å². The normalized spacial score (nSPS) is 18.4. The van der Waals surface area contributed by atoms with Gasteiger partial charge in [0.15, 0.2) is 0 Å². The first-order valence-corrected chi connectivity index (χ1v) is 9.66. The maximum Gasteiger partial charge on any atom is 0.295 e. The number of rotatable bonds is 6. The summed E-state index contributed by atoms with van der Waals surface area (Å²) in [6, 6.07) is 9.20. The third-order valence-electron chi connectivity index (χ3n) is 4.96. The Hall–Kier alpha value is -3.19. The molecule has 1 heterocycles. The molecule has 3 rings (SSSR count). The molecule has 6 nitrogen and oxygen atoms in total. The molecular weight excluding hydrogens is 389 g/mol. The number of amides is 1. The van der Waals surface area contributed by atoms with Crippen molar-refractivity contribution in [3.63, 3.8) is 0 Å². The first-order valence-electron chi connectivity index (χ1n) is 9.66. The van der Waals surface area contributed by atoms with Gasteiger partial charge in [0.05, 0.1) is 24.3 Å². The summed E-state index contributed by atoms with van der Waals surface area (Å²) in [6.07, 6.45) is -0.0452. The lowest BCUT2D eigenvalue weighted by Gasteiger charge is -2.25. The molecule has 0 saturated carbocycles. The highest BCUT2D eigenvalue weighted by Crippen LogP contribution is 2.39. The standard InChI is InChI=1S/C23H24FNO5/c1-13(2)30-11-10-25-20(15-4-7-17(26)8-5-15)19(22(28)23(25)29)21(27)16-6-9-18(24)14(3)12-16/h4-9,12-13,20,26-27H,10-11H2,1-3H3/b21-19-. The summed E-state index contributed by atoms with van der Waals surface area (Å²) in [5.74, 6) is -2.35. The Kier molecular flexibility index (Phi) is 6.22. The van der Waals surface area contributed by atoms with Crippen molar-refractivity contribution in [2.24, 2.45) is 0 Å². The number of halogens is 1. The highest BCUT2D eigenvalue weighted by atomic mass is 19.1. The minimum Gasteiger partial charge on any atom is -0.508 e. The van der Waals surface area contributed by atoms with Gasteiger partial charge in [0.25, 0.3) is 11.7 Å². The molecule has 0 aliphatic carbocycles. The number of nitrogens with zero attached hydrogens (tertiary/aromatic N) is 1. The number of phenolic OH excluding ortho intramolecular Hbond substituents is 1. The SMILES string of the molecule is Cc1cc(/C(O)=C2/C(=O)C(=O)N(CCOC(C)C)C2c2ccc(O)cc2)ccc1F. The smallest absolute Gasteiger partial charge is 0.295 e. The van der Waals surface area contributed by atoms with Crippen LogP contribution in [0.25, 0.3) is 5.76 Å². The fourth-order valence-corrected chi connectivity index (χ4v) is 3.45. The predicted octanol–water partition coefficient (Wildman–Crippen LogP) is 3.69. The number of aliphatic hydroxyl groups excluding tert-OH is 1. The molecule has 1 aliphatic rings.